The molecule has 1 spiro atoms. The van der Waals surface area contributed by atoms with Crippen LogP contribution in [0, 0.1) is 19.7 Å². The second-order valence-corrected chi connectivity index (χ2v) is 9.18. The van der Waals surface area contributed by atoms with Crippen molar-refractivity contribution < 1.29 is 23.4 Å². The monoisotopic (exact) mass is 471 g/mol. The Morgan fingerprint density at radius 2 is 2.09 bits per heavy atom. The first-order valence-corrected chi connectivity index (χ1v) is 11.3. The van der Waals surface area contributed by atoms with Crippen LogP contribution >= 0.6 is 11.3 Å². The summed E-state index contributed by atoms with van der Waals surface area (Å²) in [6.45, 7) is 3.84. The molecule has 2 aliphatic rings. The molecular formula is C22H22FN5O4S. The number of anilines is 1. The third-order valence-corrected chi connectivity index (χ3v) is 6.54. The lowest BCUT2D eigenvalue weighted by molar-refractivity contribution is 0.0783. The maximum Gasteiger partial charge on any atom is 0.296 e. The molecule has 0 radical (unpaired) electrons. The number of aromatic nitrogens is 4. The summed E-state index contributed by atoms with van der Waals surface area (Å²) < 4.78 is 32.0. The Hall–Kier alpha value is -3.18. The maximum absolute atomic E-state index is 15.1. The highest BCUT2D eigenvalue weighted by Crippen LogP contribution is 2.48. The van der Waals surface area contributed by atoms with Gasteiger partial charge < -0.3 is 14.2 Å². The predicted molar refractivity (Wildman–Crippen MR) is 118 cm³/mol. The highest BCUT2D eigenvalue weighted by atomic mass is 32.1. The zero-order chi connectivity index (χ0) is 23.2. The molecule has 1 saturated carbocycles. The van der Waals surface area contributed by atoms with Crippen LogP contribution in [0.1, 0.15) is 41.0 Å². The number of hydrogen-bond acceptors (Lipinski definition) is 9. The maximum atomic E-state index is 15.1. The van der Waals surface area contributed by atoms with Crippen molar-refractivity contribution in [3.63, 3.8) is 0 Å². The summed E-state index contributed by atoms with van der Waals surface area (Å²) in [6, 6.07) is 1.64. The molecule has 0 aromatic carbocycles. The lowest BCUT2D eigenvalue weighted by atomic mass is 9.99. The molecule has 172 valence electrons. The van der Waals surface area contributed by atoms with E-state index in [-0.39, 0.29) is 39.4 Å². The van der Waals surface area contributed by atoms with Gasteiger partial charge in [0.25, 0.3) is 11.1 Å². The van der Waals surface area contributed by atoms with Crippen molar-refractivity contribution in [3.8, 4) is 22.1 Å². The second kappa shape index (κ2) is 8.31. The quantitative estimate of drug-likeness (QED) is 0.580. The number of pyridine rings is 2. The summed E-state index contributed by atoms with van der Waals surface area (Å²) in [5.41, 5.74) is 1.48. The summed E-state index contributed by atoms with van der Waals surface area (Å²) >= 11 is 1.12. The van der Waals surface area contributed by atoms with E-state index in [1.165, 1.54) is 19.5 Å². The number of nitrogens with one attached hydrogen (secondary N) is 1. The van der Waals surface area contributed by atoms with Crippen molar-refractivity contribution in [1.29, 1.82) is 0 Å². The van der Waals surface area contributed by atoms with Gasteiger partial charge in [-0.05, 0) is 44.1 Å². The van der Waals surface area contributed by atoms with Gasteiger partial charge in [-0.25, -0.2) is 4.39 Å². The number of carbonyl (C=O) groups is 1. The molecule has 1 saturated heterocycles. The minimum absolute atomic E-state index is 0.00286. The van der Waals surface area contributed by atoms with Gasteiger partial charge in [-0.1, -0.05) is 5.10 Å². The van der Waals surface area contributed by atoms with Gasteiger partial charge in [-0.3, -0.25) is 20.1 Å². The number of halogens is 1. The van der Waals surface area contributed by atoms with E-state index in [0.29, 0.717) is 23.1 Å². The van der Waals surface area contributed by atoms with Crippen LogP contribution in [0.25, 0.3) is 11.1 Å². The first-order valence-electron chi connectivity index (χ1n) is 10.5. The number of amides is 1. The summed E-state index contributed by atoms with van der Waals surface area (Å²) in [7, 11) is 1.42. The lowest BCUT2D eigenvalue weighted by Crippen LogP contribution is -2.16. The van der Waals surface area contributed by atoms with Crippen molar-refractivity contribution in [2.75, 3.05) is 19.0 Å². The minimum Gasteiger partial charge on any atom is -0.494 e. The van der Waals surface area contributed by atoms with Crippen LogP contribution in [-0.2, 0) is 4.74 Å². The van der Waals surface area contributed by atoms with Crippen LogP contribution in [0.2, 0.25) is 0 Å². The van der Waals surface area contributed by atoms with Crippen LogP contribution < -0.4 is 14.8 Å². The number of aryl methyl sites for hydroxylation is 2. The SMILES string of the molecule is COc1cnc(C)c(F)c1-c1cc(C)ncc1C(=O)Nc1nnc(O[C@H]2COC3(CC3)C2)s1. The van der Waals surface area contributed by atoms with Crippen LogP contribution in [0.5, 0.6) is 10.9 Å². The topological polar surface area (TPSA) is 108 Å². The Labute approximate surface area is 193 Å². The van der Waals surface area contributed by atoms with Crippen LogP contribution in [0.15, 0.2) is 18.5 Å². The van der Waals surface area contributed by atoms with Crippen LogP contribution in [-0.4, -0.2) is 51.5 Å². The van der Waals surface area contributed by atoms with Gasteiger partial charge in [-0.15, -0.1) is 5.10 Å². The molecular weight excluding hydrogens is 449 g/mol. The molecule has 4 heterocycles. The van der Waals surface area contributed by atoms with Crippen molar-refractivity contribution in [2.45, 2.75) is 44.8 Å². The van der Waals surface area contributed by atoms with Gasteiger partial charge in [0.2, 0.25) is 5.13 Å². The minimum atomic E-state index is -0.562. The number of rotatable bonds is 6. The molecule has 0 bridgehead atoms. The van der Waals surface area contributed by atoms with E-state index in [9.17, 15) is 4.79 Å². The van der Waals surface area contributed by atoms with Crippen LogP contribution in [0.4, 0.5) is 9.52 Å². The fraction of sp³-hybridized carbons (Fsp3) is 0.409. The second-order valence-electron chi connectivity index (χ2n) is 8.24. The fourth-order valence-corrected chi connectivity index (χ4v) is 4.56. The van der Waals surface area contributed by atoms with Crippen LogP contribution in [0.3, 0.4) is 0 Å². The average molecular weight is 472 g/mol. The van der Waals surface area contributed by atoms with E-state index in [4.69, 9.17) is 14.2 Å². The predicted octanol–water partition coefficient (Wildman–Crippen LogP) is 3.71. The van der Waals surface area contributed by atoms with Gasteiger partial charge in [0.1, 0.15) is 11.9 Å². The van der Waals surface area contributed by atoms with Gasteiger partial charge in [-0.2, -0.15) is 0 Å². The molecule has 1 aliphatic carbocycles. The normalized spacial score (nSPS) is 18.4. The number of carbonyl (C=O) groups excluding carboxylic acids is 1. The number of methoxy groups -OCH3 is 1. The summed E-state index contributed by atoms with van der Waals surface area (Å²) in [4.78, 5) is 21.3. The Balaban J connectivity index is 1.38. The Morgan fingerprint density at radius 3 is 2.82 bits per heavy atom. The van der Waals surface area contributed by atoms with Gasteiger partial charge >= 0.3 is 0 Å². The Kier molecular flexibility index (Phi) is 5.45. The first-order chi connectivity index (χ1) is 15.9. The molecule has 0 unspecified atom stereocenters. The summed E-state index contributed by atoms with van der Waals surface area (Å²) in [6.07, 6.45) is 5.74. The largest absolute Gasteiger partial charge is 0.494 e. The van der Waals surface area contributed by atoms with Gasteiger partial charge in [0.05, 0.1) is 42.3 Å². The van der Waals surface area contributed by atoms with Crippen molar-refractivity contribution in [3.05, 3.63) is 41.2 Å². The zero-order valence-corrected chi connectivity index (χ0v) is 19.2. The fourth-order valence-electron chi connectivity index (χ4n) is 3.90. The standard InChI is InChI=1S/C22H22FN5O4S/c1-11-6-14(17-16(30-3)9-25-12(2)18(17)23)15(8-24-11)19(29)26-20-27-28-21(33-20)32-13-7-22(4-5-22)31-10-13/h6,8-9,13H,4-5,7,10H2,1-3H3,(H,26,27,29)/t13-/m1/s1. The van der Waals surface area contributed by atoms with Crippen molar-refractivity contribution >= 4 is 22.4 Å². The summed E-state index contributed by atoms with van der Waals surface area (Å²) in [5.74, 6) is -0.846. The van der Waals surface area contributed by atoms with E-state index >= 15 is 4.39 Å². The average Bonchev–Trinajstić information content (AvgIpc) is 3.21. The lowest BCUT2D eigenvalue weighted by Gasteiger charge is -2.14. The molecule has 3 aromatic rings. The zero-order valence-electron chi connectivity index (χ0n) is 18.3. The number of hydrogen-bond donors (Lipinski definition) is 1. The van der Waals surface area contributed by atoms with E-state index in [2.05, 4.69) is 25.5 Å². The third-order valence-electron chi connectivity index (χ3n) is 5.81. The Bertz CT molecular complexity index is 1230. The van der Waals surface area contributed by atoms with Crippen molar-refractivity contribution in [1.82, 2.24) is 20.2 Å². The van der Waals surface area contributed by atoms with E-state index < -0.39 is 11.7 Å². The first kappa shape index (κ1) is 21.7. The molecule has 33 heavy (non-hydrogen) atoms. The van der Waals surface area contributed by atoms with E-state index in [1.54, 1.807) is 19.9 Å². The summed E-state index contributed by atoms with van der Waals surface area (Å²) in [5, 5.41) is 11.3. The molecule has 11 heteroatoms. The molecule has 1 N–H and O–H groups in total. The molecule has 1 aliphatic heterocycles. The molecule has 1 atom stereocenters. The highest BCUT2D eigenvalue weighted by Gasteiger charge is 2.51. The third kappa shape index (κ3) is 4.25. The molecule has 9 nitrogen and oxygen atoms in total. The smallest absolute Gasteiger partial charge is 0.296 e. The van der Waals surface area contributed by atoms with Gasteiger partial charge in [0, 0.05) is 23.9 Å². The number of ether oxygens (including phenoxy) is 3. The van der Waals surface area contributed by atoms with E-state index in [0.717, 1.165) is 30.6 Å². The molecule has 1 amide bonds. The highest BCUT2D eigenvalue weighted by molar-refractivity contribution is 7.17. The molecule has 2 fully saturated rings. The molecule has 5 rings (SSSR count). The number of nitrogens with zero attached hydrogens (tertiary/aromatic N) is 4. The Morgan fingerprint density at radius 1 is 1.27 bits per heavy atom. The molecule has 3 aromatic heterocycles. The van der Waals surface area contributed by atoms with E-state index in [1.807, 2.05) is 0 Å². The van der Waals surface area contributed by atoms with Gasteiger partial charge in [0.15, 0.2) is 5.82 Å². The van der Waals surface area contributed by atoms with Crippen molar-refractivity contribution in [2.24, 2.45) is 0 Å².